The Bertz CT molecular complexity index is 1120. The molecule has 2 unspecified atom stereocenters. The third kappa shape index (κ3) is 8.08. The first-order valence-corrected chi connectivity index (χ1v) is 14.7. The number of fused-ring (bicyclic) bond motifs is 2. The topological polar surface area (TPSA) is 62.3 Å². The molecule has 3 heterocycles. The van der Waals surface area contributed by atoms with Gasteiger partial charge in [0.05, 0.1) is 12.1 Å². The Morgan fingerprint density at radius 2 is 1.59 bits per heavy atom. The molecule has 4 rings (SSSR count). The van der Waals surface area contributed by atoms with Gasteiger partial charge >= 0.3 is 18.2 Å². The molecule has 7 nitrogen and oxygen atoms in total. The summed E-state index contributed by atoms with van der Waals surface area (Å²) in [5.74, 6) is -0.276. The number of esters is 1. The van der Waals surface area contributed by atoms with Crippen LogP contribution in [0.5, 0.6) is 0 Å². The maximum absolute atomic E-state index is 13.7. The van der Waals surface area contributed by atoms with E-state index < -0.39 is 22.9 Å². The van der Waals surface area contributed by atoms with Crippen molar-refractivity contribution in [1.82, 2.24) is 9.80 Å². The summed E-state index contributed by atoms with van der Waals surface area (Å²) in [4.78, 5) is 30.9. The standard InChI is InChI=1S/C31H46F3N3O4/c1-28(2,3)40-26(38)20-36-18-24-17-23(36)19-37(24)25-16-22(31(32,33)34)9-8-21(25)10-11-30(7)12-14-35(15-13-30)27(39)41-29(4,5)6/h8-9,16,23-24H,10-15,17-20H2,1-7H3. The van der Waals surface area contributed by atoms with Gasteiger partial charge in [-0.2, -0.15) is 13.2 Å². The summed E-state index contributed by atoms with van der Waals surface area (Å²) in [6.45, 7) is 15.9. The lowest BCUT2D eigenvalue weighted by molar-refractivity contribution is -0.156. The molecule has 2 bridgehead atoms. The van der Waals surface area contributed by atoms with E-state index >= 15 is 0 Å². The largest absolute Gasteiger partial charge is 0.459 e. The first kappa shape index (κ1) is 31.4. The van der Waals surface area contributed by atoms with Gasteiger partial charge in [-0.25, -0.2) is 4.79 Å². The number of benzene rings is 1. The lowest BCUT2D eigenvalue weighted by atomic mass is 9.76. The van der Waals surface area contributed by atoms with Crippen molar-refractivity contribution in [3.8, 4) is 0 Å². The average molecular weight is 582 g/mol. The van der Waals surface area contributed by atoms with E-state index in [1.165, 1.54) is 12.1 Å². The first-order chi connectivity index (χ1) is 18.8. The molecular formula is C31H46F3N3O4. The van der Waals surface area contributed by atoms with Crippen molar-refractivity contribution in [2.75, 3.05) is 37.6 Å². The second-order valence-electron chi connectivity index (χ2n) is 14.3. The molecule has 3 aliphatic rings. The molecule has 10 heteroatoms. The molecule has 3 fully saturated rings. The fourth-order valence-electron chi connectivity index (χ4n) is 6.24. The maximum Gasteiger partial charge on any atom is 0.416 e. The average Bonchev–Trinajstić information content (AvgIpc) is 3.40. The van der Waals surface area contributed by atoms with E-state index in [1.54, 1.807) is 11.0 Å². The third-order valence-corrected chi connectivity index (χ3v) is 8.45. The highest BCUT2D eigenvalue weighted by Gasteiger charge is 2.45. The van der Waals surface area contributed by atoms with E-state index in [-0.39, 0.29) is 36.1 Å². The quantitative estimate of drug-likeness (QED) is 0.369. The van der Waals surface area contributed by atoms with Crippen LogP contribution in [-0.2, 0) is 26.9 Å². The number of hydrogen-bond donors (Lipinski definition) is 0. The summed E-state index contributed by atoms with van der Waals surface area (Å²) in [5.41, 5.74) is -0.191. The van der Waals surface area contributed by atoms with Crippen molar-refractivity contribution in [3.05, 3.63) is 29.3 Å². The molecule has 0 N–H and O–H groups in total. The molecule has 0 aliphatic carbocycles. The molecule has 1 aromatic rings. The second kappa shape index (κ2) is 11.3. The van der Waals surface area contributed by atoms with Crippen LogP contribution in [0.1, 0.15) is 85.3 Å². The smallest absolute Gasteiger partial charge is 0.416 e. The van der Waals surface area contributed by atoms with Crippen molar-refractivity contribution < 1.29 is 32.2 Å². The highest BCUT2D eigenvalue weighted by molar-refractivity contribution is 5.72. The van der Waals surface area contributed by atoms with E-state index in [0.717, 1.165) is 31.2 Å². The Balaban J connectivity index is 1.42. The number of piperazine rings is 1. The summed E-state index contributed by atoms with van der Waals surface area (Å²) in [6.07, 6.45) is -0.792. The fraction of sp³-hybridized carbons (Fsp3) is 0.742. The summed E-state index contributed by atoms with van der Waals surface area (Å²) in [5, 5.41) is 0. The maximum atomic E-state index is 13.7. The second-order valence-corrected chi connectivity index (χ2v) is 14.3. The molecule has 3 saturated heterocycles. The number of aryl methyl sites for hydroxylation is 1. The van der Waals surface area contributed by atoms with Crippen molar-refractivity contribution >= 4 is 17.7 Å². The van der Waals surface area contributed by atoms with E-state index in [9.17, 15) is 22.8 Å². The molecule has 230 valence electrons. The Labute approximate surface area is 242 Å². The van der Waals surface area contributed by atoms with E-state index in [2.05, 4.69) is 16.7 Å². The highest BCUT2D eigenvalue weighted by Crippen LogP contribution is 2.42. The van der Waals surface area contributed by atoms with Gasteiger partial charge in [0.1, 0.15) is 11.2 Å². The van der Waals surface area contributed by atoms with Crippen molar-refractivity contribution in [3.63, 3.8) is 0 Å². The van der Waals surface area contributed by atoms with Crippen LogP contribution < -0.4 is 4.90 Å². The van der Waals surface area contributed by atoms with Crippen LogP contribution >= 0.6 is 0 Å². The number of likely N-dealkylation sites (tertiary alicyclic amines) is 2. The molecule has 3 aliphatic heterocycles. The zero-order chi connectivity index (χ0) is 30.4. The predicted molar refractivity (Wildman–Crippen MR) is 152 cm³/mol. The predicted octanol–water partition coefficient (Wildman–Crippen LogP) is 6.28. The van der Waals surface area contributed by atoms with Crippen molar-refractivity contribution in [1.29, 1.82) is 0 Å². The lowest BCUT2D eigenvalue weighted by Gasteiger charge is -2.40. The van der Waals surface area contributed by atoms with Gasteiger partial charge in [-0.1, -0.05) is 13.0 Å². The fourth-order valence-corrected chi connectivity index (χ4v) is 6.24. The number of hydrogen-bond acceptors (Lipinski definition) is 6. The highest BCUT2D eigenvalue weighted by atomic mass is 19.4. The normalized spacial score (nSPS) is 23.2. The van der Waals surface area contributed by atoms with Crippen molar-refractivity contribution in [2.45, 2.75) is 110 Å². The Morgan fingerprint density at radius 3 is 2.12 bits per heavy atom. The number of amides is 1. The number of carbonyl (C=O) groups excluding carboxylic acids is 2. The van der Waals surface area contributed by atoms with Crippen LogP contribution in [-0.4, -0.2) is 77.9 Å². The number of carbonyl (C=O) groups is 2. The third-order valence-electron chi connectivity index (χ3n) is 8.45. The van der Waals surface area contributed by atoms with Crippen LogP contribution in [0.15, 0.2) is 18.2 Å². The number of alkyl halides is 3. The zero-order valence-corrected chi connectivity index (χ0v) is 25.6. The number of anilines is 1. The Hall–Kier alpha value is -2.49. The minimum absolute atomic E-state index is 0.0211. The van der Waals surface area contributed by atoms with Crippen molar-refractivity contribution in [2.24, 2.45) is 5.41 Å². The Kier molecular flexibility index (Phi) is 8.67. The first-order valence-electron chi connectivity index (χ1n) is 14.7. The SMILES string of the molecule is CC1(CCc2ccc(C(F)(F)F)cc2N2CC3CC2CN3CC(=O)OC(C)(C)C)CCN(C(=O)OC(C)(C)C)CC1. The number of piperidine rings is 1. The molecule has 41 heavy (non-hydrogen) atoms. The van der Waals surface area contributed by atoms with Gasteiger partial charge in [0, 0.05) is 44.0 Å². The molecule has 0 spiro atoms. The molecule has 2 atom stereocenters. The summed E-state index contributed by atoms with van der Waals surface area (Å²) >= 11 is 0. The van der Waals surface area contributed by atoms with Gasteiger partial charge in [0.2, 0.25) is 0 Å². The molecule has 1 amide bonds. The summed E-state index contributed by atoms with van der Waals surface area (Å²) in [6, 6.07) is 4.29. The molecular weight excluding hydrogens is 535 g/mol. The number of rotatable bonds is 6. The number of nitrogens with zero attached hydrogens (tertiary/aromatic N) is 3. The molecule has 0 saturated carbocycles. The van der Waals surface area contributed by atoms with Gasteiger partial charge < -0.3 is 19.3 Å². The van der Waals surface area contributed by atoms with E-state index in [4.69, 9.17) is 9.47 Å². The van der Waals surface area contributed by atoms with Crippen LogP contribution in [0.2, 0.25) is 0 Å². The van der Waals surface area contributed by atoms with Gasteiger partial charge in [0.25, 0.3) is 0 Å². The van der Waals surface area contributed by atoms with Crippen LogP contribution in [0, 0.1) is 5.41 Å². The van der Waals surface area contributed by atoms with E-state index in [1.807, 2.05) is 41.5 Å². The summed E-state index contributed by atoms with van der Waals surface area (Å²) < 4.78 is 52.2. The van der Waals surface area contributed by atoms with Gasteiger partial charge in [-0.15, -0.1) is 0 Å². The molecule has 0 aromatic heterocycles. The van der Waals surface area contributed by atoms with Gasteiger partial charge in [-0.3, -0.25) is 9.69 Å². The Morgan fingerprint density at radius 1 is 0.951 bits per heavy atom. The lowest BCUT2D eigenvalue weighted by Crippen LogP contribution is -2.49. The zero-order valence-electron chi connectivity index (χ0n) is 25.6. The van der Waals surface area contributed by atoms with Crippen LogP contribution in [0.4, 0.5) is 23.7 Å². The van der Waals surface area contributed by atoms with Crippen LogP contribution in [0.3, 0.4) is 0 Å². The van der Waals surface area contributed by atoms with E-state index in [0.29, 0.717) is 38.3 Å². The molecule has 0 radical (unpaired) electrons. The number of halogens is 3. The summed E-state index contributed by atoms with van der Waals surface area (Å²) in [7, 11) is 0. The van der Waals surface area contributed by atoms with Gasteiger partial charge in [0.15, 0.2) is 0 Å². The van der Waals surface area contributed by atoms with Crippen LogP contribution in [0.25, 0.3) is 0 Å². The number of ether oxygens (including phenoxy) is 2. The molecule has 1 aromatic carbocycles. The van der Waals surface area contributed by atoms with Gasteiger partial charge in [-0.05, 0) is 96.8 Å². The monoisotopic (exact) mass is 581 g/mol. The minimum Gasteiger partial charge on any atom is -0.459 e. The minimum atomic E-state index is -4.42.